The summed E-state index contributed by atoms with van der Waals surface area (Å²) in [5, 5.41) is 8.34. The number of nitrogens with one attached hydrogen (secondary N) is 1. The van der Waals surface area contributed by atoms with Gasteiger partial charge in [0.15, 0.2) is 0 Å². The summed E-state index contributed by atoms with van der Waals surface area (Å²) >= 11 is 0. The topological polar surface area (TPSA) is 79.9 Å². The summed E-state index contributed by atoms with van der Waals surface area (Å²) in [5.74, 6) is 0.853. The normalized spacial score (nSPS) is 19.8. The predicted molar refractivity (Wildman–Crippen MR) is 129 cm³/mol. The minimum absolute atomic E-state index is 0.000933. The van der Waals surface area contributed by atoms with Crippen LogP contribution in [0.2, 0.25) is 0 Å². The van der Waals surface area contributed by atoms with Gasteiger partial charge in [0.2, 0.25) is 0 Å². The third kappa shape index (κ3) is 5.41. The summed E-state index contributed by atoms with van der Waals surface area (Å²) in [6.45, 7) is 7.15. The first kappa shape index (κ1) is 22.8. The molecule has 1 amide bonds. The molecule has 0 aliphatic carbocycles. The van der Waals surface area contributed by atoms with Crippen LogP contribution in [0, 0.1) is 5.92 Å². The van der Waals surface area contributed by atoms with Crippen molar-refractivity contribution in [2.24, 2.45) is 5.92 Å². The molecule has 0 saturated carbocycles. The number of morpholine rings is 1. The van der Waals surface area contributed by atoms with Crippen LogP contribution in [0.15, 0.2) is 48.7 Å². The van der Waals surface area contributed by atoms with Gasteiger partial charge in [0.25, 0.3) is 5.91 Å². The molecule has 2 aromatic carbocycles. The number of para-hydroxylation sites is 1. The highest BCUT2D eigenvalue weighted by molar-refractivity contribution is 5.97. The summed E-state index contributed by atoms with van der Waals surface area (Å²) in [4.78, 5) is 17.8. The number of nitrogens with zero attached hydrogens (tertiary/aromatic N) is 3. The average molecular weight is 465 g/mol. The van der Waals surface area contributed by atoms with Gasteiger partial charge in [-0.15, -0.1) is 0 Å². The molecule has 1 N–H and O–H groups in total. The number of carbonyl (C=O) groups excluding carboxylic acids is 1. The molecule has 0 bridgehead atoms. The monoisotopic (exact) mass is 464 g/mol. The van der Waals surface area contributed by atoms with Gasteiger partial charge in [0, 0.05) is 44.0 Å². The lowest BCUT2D eigenvalue weighted by Crippen LogP contribution is -2.39. The number of fused-ring (bicyclic) bond motifs is 1. The van der Waals surface area contributed by atoms with Gasteiger partial charge in [0.05, 0.1) is 43.7 Å². The molecule has 0 spiro atoms. The second kappa shape index (κ2) is 11.0. The maximum atomic E-state index is 13.6. The van der Waals surface area contributed by atoms with E-state index in [1.165, 1.54) is 5.56 Å². The molecule has 34 heavy (non-hydrogen) atoms. The molecule has 3 aromatic rings. The van der Waals surface area contributed by atoms with E-state index in [2.05, 4.69) is 21.2 Å². The van der Waals surface area contributed by atoms with Crippen LogP contribution in [-0.4, -0.2) is 91.7 Å². The second-order valence-electron chi connectivity index (χ2n) is 8.94. The number of benzene rings is 2. The first-order chi connectivity index (χ1) is 16.8. The first-order valence-corrected chi connectivity index (χ1v) is 12.1. The Morgan fingerprint density at radius 2 is 1.91 bits per heavy atom. The van der Waals surface area contributed by atoms with Crippen molar-refractivity contribution >= 4 is 16.8 Å². The van der Waals surface area contributed by atoms with Crippen molar-refractivity contribution in [1.29, 1.82) is 0 Å². The zero-order valence-corrected chi connectivity index (χ0v) is 19.4. The van der Waals surface area contributed by atoms with Crippen LogP contribution in [0.1, 0.15) is 15.9 Å². The fourth-order valence-corrected chi connectivity index (χ4v) is 4.76. The summed E-state index contributed by atoms with van der Waals surface area (Å²) in [5.41, 5.74) is 2.87. The Morgan fingerprint density at radius 3 is 2.82 bits per heavy atom. The summed E-state index contributed by atoms with van der Waals surface area (Å²) in [7, 11) is 0. The van der Waals surface area contributed by atoms with Crippen molar-refractivity contribution in [2.45, 2.75) is 6.42 Å². The van der Waals surface area contributed by atoms with Crippen molar-refractivity contribution in [1.82, 2.24) is 20.0 Å². The van der Waals surface area contributed by atoms with Gasteiger partial charge in [-0.1, -0.05) is 24.3 Å². The zero-order valence-electron chi connectivity index (χ0n) is 19.4. The molecule has 2 aliphatic heterocycles. The molecule has 2 saturated heterocycles. The molecule has 8 nitrogen and oxygen atoms in total. The fraction of sp³-hybridized carbons (Fsp3) is 0.462. The Labute approximate surface area is 199 Å². The van der Waals surface area contributed by atoms with E-state index in [-0.39, 0.29) is 11.8 Å². The highest BCUT2D eigenvalue weighted by Gasteiger charge is 2.26. The predicted octanol–water partition coefficient (Wildman–Crippen LogP) is 2.61. The molecule has 0 radical (unpaired) electrons. The average Bonchev–Trinajstić information content (AvgIpc) is 3.24. The van der Waals surface area contributed by atoms with Gasteiger partial charge in [-0.2, -0.15) is 5.10 Å². The van der Waals surface area contributed by atoms with E-state index in [0.29, 0.717) is 44.2 Å². The number of carbonyl (C=O) groups is 1. The zero-order chi connectivity index (χ0) is 23.2. The van der Waals surface area contributed by atoms with E-state index >= 15 is 0 Å². The van der Waals surface area contributed by atoms with E-state index in [1.54, 1.807) is 0 Å². The standard InChI is InChI=1S/C26H32N4O4/c31-26(22-5-1-2-7-25(22)34-15-10-29-8-12-32-13-9-29)30-11-14-33-19-20(18-30)16-21-4-3-6-24-23(21)17-27-28-24/h1-7,17,20H,8-16,18-19H2,(H,27,28). The van der Waals surface area contributed by atoms with Gasteiger partial charge in [-0.05, 0) is 30.2 Å². The van der Waals surface area contributed by atoms with Gasteiger partial charge in [-0.3, -0.25) is 14.8 Å². The Morgan fingerprint density at radius 1 is 1.06 bits per heavy atom. The van der Waals surface area contributed by atoms with E-state index in [1.807, 2.05) is 47.5 Å². The first-order valence-electron chi connectivity index (χ1n) is 12.1. The van der Waals surface area contributed by atoms with Crippen molar-refractivity contribution in [3.8, 4) is 5.75 Å². The molecular weight excluding hydrogens is 432 g/mol. The lowest BCUT2D eigenvalue weighted by atomic mass is 9.97. The van der Waals surface area contributed by atoms with Crippen molar-refractivity contribution in [3.05, 3.63) is 59.8 Å². The van der Waals surface area contributed by atoms with Crippen LogP contribution in [0.3, 0.4) is 0 Å². The van der Waals surface area contributed by atoms with Gasteiger partial charge in [-0.25, -0.2) is 0 Å². The summed E-state index contributed by atoms with van der Waals surface area (Å²) in [6, 6.07) is 13.8. The summed E-state index contributed by atoms with van der Waals surface area (Å²) in [6.07, 6.45) is 2.70. The quantitative estimate of drug-likeness (QED) is 0.579. The molecule has 1 unspecified atom stereocenters. The van der Waals surface area contributed by atoms with Crippen LogP contribution in [0.5, 0.6) is 5.75 Å². The Balaban J connectivity index is 1.24. The maximum absolute atomic E-state index is 13.6. The highest BCUT2D eigenvalue weighted by atomic mass is 16.5. The minimum Gasteiger partial charge on any atom is -0.491 e. The number of hydrogen-bond donors (Lipinski definition) is 1. The fourth-order valence-electron chi connectivity index (χ4n) is 4.76. The third-order valence-corrected chi connectivity index (χ3v) is 6.59. The van der Waals surface area contributed by atoms with Crippen LogP contribution in [-0.2, 0) is 15.9 Å². The Kier molecular flexibility index (Phi) is 7.38. The van der Waals surface area contributed by atoms with E-state index < -0.39 is 0 Å². The molecule has 1 atom stereocenters. The number of rotatable bonds is 7. The third-order valence-electron chi connectivity index (χ3n) is 6.59. The number of aromatic nitrogens is 2. The Bertz CT molecular complexity index is 1100. The molecule has 3 heterocycles. The SMILES string of the molecule is O=C(c1ccccc1OCCN1CCOCC1)N1CCOCC(Cc2cccc3[nH]ncc23)C1. The maximum Gasteiger partial charge on any atom is 0.257 e. The van der Waals surface area contributed by atoms with Crippen molar-refractivity contribution in [2.75, 3.05) is 65.8 Å². The van der Waals surface area contributed by atoms with Crippen molar-refractivity contribution < 1.29 is 19.0 Å². The molecular formula is C26H32N4O4. The lowest BCUT2D eigenvalue weighted by molar-refractivity contribution is 0.0321. The van der Waals surface area contributed by atoms with E-state index in [0.717, 1.165) is 50.2 Å². The van der Waals surface area contributed by atoms with E-state index in [9.17, 15) is 4.79 Å². The number of amides is 1. The Hall–Kier alpha value is -2.94. The molecule has 180 valence electrons. The molecule has 2 fully saturated rings. The summed E-state index contributed by atoms with van der Waals surface area (Å²) < 4.78 is 17.4. The number of ether oxygens (including phenoxy) is 3. The largest absolute Gasteiger partial charge is 0.491 e. The highest BCUT2D eigenvalue weighted by Crippen LogP contribution is 2.24. The number of hydrogen-bond acceptors (Lipinski definition) is 6. The molecule has 1 aromatic heterocycles. The van der Waals surface area contributed by atoms with Gasteiger partial charge >= 0.3 is 0 Å². The van der Waals surface area contributed by atoms with Crippen LogP contribution >= 0.6 is 0 Å². The number of aromatic amines is 1. The van der Waals surface area contributed by atoms with Crippen LogP contribution < -0.4 is 4.74 Å². The number of H-pyrrole nitrogens is 1. The smallest absolute Gasteiger partial charge is 0.257 e. The van der Waals surface area contributed by atoms with Crippen molar-refractivity contribution in [3.63, 3.8) is 0 Å². The molecule has 8 heteroatoms. The van der Waals surface area contributed by atoms with Gasteiger partial charge in [0.1, 0.15) is 12.4 Å². The van der Waals surface area contributed by atoms with E-state index in [4.69, 9.17) is 14.2 Å². The van der Waals surface area contributed by atoms with Crippen LogP contribution in [0.4, 0.5) is 0 Å². The molecule has 2 aliphatic rings. The second-order valence-corrected chi connectivity index (χ2v) is 8.94. The lowest BCUT2D eigenvalue weighted by Gasteiger charge is -2.27. The molecule has 5 rings (SSSR count). The minimum atomic E-state index is -0.000933. The van der Waals surface area contributed by atoms with Crippen LogP contribution in [0.25, 0.3) is 10.9 Å². The van der Waals surface area contributed by atoms with Gasteiger partial charge < -0.3 is 19.1 Å².